The van der Waals surface area contributed by atoms with Gasteiger partial charge in [-0.05, 0) is 26.2 Å². The summed E-state index contributed by atoms with van der Waals surface area (Å²) < 4.78 is 24.5. The largest absolute Gasteiger partial charge is 0.356 e. The van der Waals surface area contributed by atoms with E-state index < -0.39 is 9.84 Å². The number of nitrogens with one attached hydrogen (secondary N) is 1. The van der Waals surface area contributed by atoms with Gasteiger partial charge in [-0.25, -0.2) is 8.42 Å². The highest BCUT2D eigenvalue weighted by molar-refractivity contribution is 7.91. The van der Waals surface area contributed by atoms with Gasteiger partial charge in [0.2, 0.25) is 5.91 Å². The van der Waals surface area contributed by atoms with Gasteiger partial charge in [-0.1, -0.05) is 0 Å². The lowest BCUT2D eigenvalue weighted by atomic mass is 10.1. The predicted octanol–water partition coefficient (Wildman–Crippen LogP) is 0.130. The van der Waals surface area contributed by atoms with Crippen molar-refractivity contribution in [1.82, 2.24) is 15.1 Å². The third-order valence-electron chi connectivity index (χ3n) is 3.91. The number of rotatable bonds is 4. The molecule has 0 bridgehead atoms. The van der Waals surface area contributed by atoms with Gasteiger partial charge in [-0.15, -0.1) is 0 Å². The Labute approximate surface area is 119 Å². The summed E-state index contributed by atoms with van der Waals surface area (Å²) in [6.07, 6.45) is 0.943. The Morgan fingerprint density at radius 1 is 1.45 bits per heavy atom. The molecule has 1 fully saturated rings. The maximum absolute atomic E-state index is 11.9. The van der Waals surface area contributed by atoms with E-state index >= 15 is 0 Å². The molecule has 2 rings (SSSR count). The minimum Gasteiger partial charge on any atom is -0.356 e. The van der Waals surface area contributed by atoms with Crippen molar-refractivity contribution < 1.29 is 13.2 Å². The summed E-state index contributed by atoms with van der Waals surface area (Å²) in [7, 11) is -1.02. The third kappa shape index (κ3) is 3.39. The van der Waals surface area contributed by atoms with Crippen molar-refractivity contribution >= 4 is 15.7 Å². The lowest BCUT2D eigenvalue weighted by Crippen LogP contribution is -2.31. The van der Waals surface area contributed by atoms with E-state index in [4.69, 9.17) is 0 Å². The number of hydrogen-bond acceptors (Lipinski definition) is 4. The van der Waals surface area contributed by atoms with Crippen LogP contribution in [0.4, 0.5) is 0 Å². The standard InChI is InChI=1S/C13H21N3O3S/c1-9-12(10(2)16(3)15-9)6-13(17)14-7-11-4-5-20(18,19)8-11/h11H,4-8H2,1-3H3,(H,14,17)/t11-/m0/s1. The van der Waals surface area contributed by atoms with Crippen LogP contribution in [0.1, 0.15) is 23.4 Å². The lowest BCUT2D eigenvalue weighted by molar-refractivity contribution is -0.120. The van der Waals surface area contributed by atoms with E-state index in [2.05, 4.69) is 10.4 Å². The molecule has 1 saturated heterocycles. The topological polar surface area (TPSA) is 81.1 Å². The fourth-order valence-corrected chi connectivity index (χ4v) is 4.45. The molecule has 1 aromatic rings. The van der Waals surface area contributed by atoms with Crippen molar-refractivity contribution in [1.29, 1.82) is 0 Å². The van der Waals surface area contributed by atoms with Gasteiger partial charge in [0.25, 0.3) is 0 Å². The zero-order valence-corrected chi connectivity index (χ0v) is 13.0. The quantitative estimate of drug-likeness (QED) is 0.857. The van der Waals surface area contributed by atoms with Crippen molar-refractivity contribution in [3.05, 3.63) is 17.0 Å². The first-order valence-electron chi connectivity index (χ1n) is 6.74. The second-order valence-corrected chi connectivity index (χ2v) is 7.75. The van der Waals surface area contributed by atoms with Crippen LogP contribution in [-0.4, -0.2) is 42.2 Å². The van der Waals surface area contributed by atoms with E-state index in [0.29, 0.717) is 19.4 Å². The van der Waals surface area contributed by atoms with Gasteiger partial charge >= 0.3 is 0 Å². The summed E-state index contributed by atoms with van der Waals surface area (Å²) in [6, 6.07) is 0. The molecule has 20 heavy (non-hydrogen) atoms. The van der Waals surface area contributed by atoms with Gasteiger partial charge < -0.3 is 5.32 Å². The number of carbonyl (C=O) groups is 1. The Kier molecular flexibility index (Phi) is 4.17. The average molecular weight is 299 g/mol. The first-order valence-corrected chi connectivity index (χ1v) is 8.57. The zero-order valence-electron chi connectivity index (χ0n) is 12.1. The molecule has 0 unspecified atom stereocenters. The molecule has 2 heterocycles. The molecule has 1 aliphatic heterocycles. The monoisotopic (exact) mass is 299 g/mol. The minimum atomic E-state index is -2.88. The summed E-state index contributed by atoms with van der Waals surface area (Å²) >= 11 is 0. The molecule has 1 aromatic heterocycles. The second-order valence-electron chi connectivity index (χ2n) is 5.52. The summed E-state index contributed by atoms with van der Waals surface area (Å²) in [4.78, 5) is 11.9. The van der Waals surface area contributed by atoms with Gasteiger partial charge in [0.05, 0.1) is 23.6 Å². The first kappa shape index (κ1) is 15.0. The summed E-state index contributed by atoms with van der Waals surface area (Å²) in [5.41, 5.74) is 2.80. The molecule has 112 valence electrons. The van der Waals surface area contributed by atoms with Crippen molar-refractivity contribution in [2.45, 2.75) is 26.7 Å². The molecule has 0 aromatic carbocycles. The van der Waals surface area contributed by atoms with Crippen LogP contribution >= 0.6 is 0 Å². The number of aromatic nitrogens is 2. The second kappa shape index (κ2) is 5.55. The molecule has 7 heteroatoms. The molecular weight excluding hydrogens is 278 g/mol. The molecule has 6 nitrogen and oxygen atoms in total. The van der Waals surface area contributed by atoms with Crippen LogP contribution in [0.15, 0.2) is 0 Å². The van der Waals surface area contributed by atoms with E-state index in [1.54, 1.807) is 4.68 Å². The fraction of sp³-hybridized carbons (Fsp3) is 0.692. The Hall–Kier alpha value is -1.37. The van der Waals surface area contributed by atoms with Gasteiger partial charge in [-0.3, -0.25) is 9.48 Å². The minimum absolute atomic E-state index is 0.0556. The summed E-state index contributed by atoms with van der Waals surface area (Å²) in [6.45, 7) is 4.27. The van der Waals surface area contributed by atoms with Gasteiger partial charge in [0, 0.05) is 24.8 Å². The highest BCUT2D eigenvalue weighted by atomic mass is 32.2. The molecule has 1 aliphatic rings. The maximum Gasteiger partial charge on any atom is 0.224 e. The number of sulfone groups is 1. The number of carbonyl (C=O) groups excluding carboxylic acids is 1. The van der Waals surface area contributed by atoms with Crippen LogP contribution < -0.4 is 5.32 Å². The Morgan fingerprint density at radius 3 is 2.65 bits per heavy atom. The van der Waals surface area contributed by atoms with E-state index in [1.165, 1.54) is 0 Å². The Morgan fingerprint density at radius 2 is 2.15 bits per heavy atom. The summed E-state index contributed by atoms with van der Waals surface area (Å²) in [5.74, 6) is 0.417. The van der Waals surface area contributed by atoms with Crippen LogP contribution in [0, 0.1) is 19.8 Å². The lowest BCUT2D eigenvalue weighted by Gasteiger charge is -2.09. The van der Waals surface area contributed by atoms with E-state index in [-0.39, 0.29) is 23.3 Å². The average Bonchev–Trinajstić information content (AvgIpc) is 2.81. The number of aryl methyl sites for hydroxylation is 2. The van der Waals surface area contributed by atoms with Gasteiger partial charge in [0.15, 0.2) is 9.84 Å². The van der Waals surface area contributed by atoms with Crippen LogP contribution in [0.2, 0.25) is 0 Å². The van der Waals surface area contributed by atoms with Crippen LogP contribution in [0.3, 0.4) is 0 Å². The molecule has 1 amide bonds. The van der Waals surface area contributed by atoms with Crippen molar-refractivity contribution in [2.24, 2.45) is 13.0 Å². The SMILES string of the molecule is Cc1nn(C)c(C)c1CC(=O)NC[C@@H]1CCS(=O)(=O)C1. The number of amides is 1. The van der Waals surface area contributed by atoms with E-state index in [1.807, 2.05) is 20.9 Å². The van der Waals surface area contributed by atoms with Crippen LogP contribution in [0.25, 0.3) is 0 Å². The van der Waals surface area contributed by atoms with Gasteiger partial charge in [0.1, 0.15) is 0 Å². The first-order chi connectivity index (χ1) is 9.28. The Bertz CT molecular complexity index is 619. The fourth-order valence-electron chi connectivity index (χ4n) is 2.59. The predicted molar refractivity (Wildman–Crippen MR) is 76.2 cm³/mol. The van der Waals surface area contributed by atoms with Crippen LogP contribution in [-0.2, 0) is 28.1 Å². The third-order valence-corrected chi connectivity index (χ3v) is 5.75. The molecule has 0 saturated carbocycles. The maximum atomic E-state index is 11.9. The van der Waals surface area contributed by atoms with Gasteiger partial charge in [-0.2, -0.15) is 5.10 Å². The summed E-state index contributed by atoms with van der Waals surface area (Å²) in [5, 5.41) is 7.11. The van der Waals surface area contributed by atoms with Crippen LogP contribution in [0.5, 0.6) is 0 Å². The number of nitrogens with zero attached hydrogens (tertiary/aromatic N) is 2. The molecular formula is C13H21N3O3S. The van der Waals surface area contributed by atoms with Crippen molar-refractivity contribution in [2.75, 3.05) is 18.1 Å². The highest BCUT2D eigenvalue weighted by Crippen LogP contribution is 2.17. The smallest absolute Gasteiger partial charge is 0.224 e. The molecule has 1 N–H and O–H groups in total. The van der Waals surface area contributed by atoms with E-state index in [0.717, 1.165) is 17.0 Å². The Balaban J connectivity index is 1.87. The molecule has 0 radical (unpaired) electrons. The highest BCUT2D eigenvalue weighted by Gasteiger charge is 2.28. The van der Waals surface area contributed by atoms with E-state index in [9.17, 15) is 13.2 Å². The number of hydrogen-bond donors (Lipinski definition) is 1. The molecule has 0 spiro atoms. The van der Waals surface area contributed by atoms with Crippen molar-refractivity contribution in [3.8, 4) is 0 Å². The molecule has 0 aliphatic carbocycles. The van der Waals surface area contributed by atoms with Crippen molar-refractivity contribution in [3.63, 3.8) is 0 Å². The molecule has 1 atom stereocenters. The zero-order chi connectivity index (χ0) is 14.9. The normalized spacial score (nSPS) is 21.1.